The topological polar surface area (TPSA) is 41.1 Å². The highest BCUT2D eigenvalue weighted by Gasteiger charge is 2.23. The molecule has 0 aromatic heterocycles. The average molecular weight is 411 g/mol. The van der Waals surface area contributed by atoms with Gasteiger partial charge in [0.2, 0.25) is 5.91 Å². The van der Waals surface area contributed by atoms with E-state index >= 15 is 0 Å². The molecule has 2 aromatic rings. The van der Waals surface area contributed by atoms with Crippen molar-refractivity contribution in [3.8, 4) is 0 Å². The number of thioether (sulfide) groups is 1. The maximum Gasteiger partial charge on any atom is 0.237 e. The molecular formula is C20H24Cl2N2OS. The van der Waals surface area contributed by atoms with Crippen molar-refractivity contribution < 1.29 is 4.79 Å². The first kappa shape index (κ1) is 21.1. The fraction of sp³-hybridized carbons (Fsp3) is 0.350. The zero-order valence-electron chi connectivity index (χ0n) is 14.5. The van der Waals surface area contributed by atoms with Crippen LogP contribution in [-0.2, 0) is 4.79 Å². The van der Waals surface area contributed by atoms with E-state index in [4.69, 9.17) is 11.6 Å². The summed E-state index contributed by atoms with van der Waals surface area (Å²) in [4.78, 5) is 13.8. The minimum atomic E-state index is -0.303. The lowest BCUT2D eigenvalue weighted by Crippen LogP contribution is -2.30. The summed E-state index contributed by atoms with van der Waals surface area (Å²) in [6.07, 6.45) is 2.23. The van der Waals surface area contributed by atoms with E-state index in [0.29, 0.717) is 10.9 Å². The van der Waals surface area contributed by atoms with Gasteiger partial charge in [0.05, 0.1) is 5.02 Å². The third kappa shape index (κ3) is 5.92. The Kier molecular flexibility index (Phi) is 8.79. The molecule has 2 N–H and O–H groups in total. The molecule has 6 heteroatoms. The van der Waals surface area contributed by atoms with Crippen LogP contribution in [-0.4, -0.2) is 25.5 Å². The fourth-order valence-electron chi connectivity index (χ4n) is 3.02. The second kappa shape index (κ2) is 10.8. The van der Waals surface area contributed by atoms with Crippen LogP contribution in [0.2, 0.25) is 5.02 Å². The smallest absolute Gasteiger partial charge is 0.237 e. The van der Waals surface area contributed by atoms with Crippen LogP contribution >= 0.6 is 35.8 Å². The zero-order valence-corrected chi connectivity index (χ0v) is 16.9. The average Bonchev–Trinajstić information content (AvgIpc) is 3.15. The molecule has 0 radical (unpaired) electrons. The van der Waals surface area contributed by atoms with Crippen LogP contribution in [0.25, 0.3) is 0 Å². The Hall–Kier alpha value is -1.20. The van der Waals surface area contributed by atoms with E-state index in [1.807, 2.05) is 54.6 Å². The fourth-order valence-corrected chi connectivity index (χ4v) is 4.37. The number of carbonyl (C=O) groups is 1. The van der Waals surface area contributed by atoms with Gasteiger partial charge in [-0.25, -0.2) is 0 Å². The van der Waals surface area contributed by atoms with E-state index in [0.717, 1.165) is 36.5 Å². The summed E-state index contributed by atoms with van der Waals surface area (Å²) >= 11 is 7.79. The molecule has 26 heavy (non-hydrogen) atoms. The van der Waals surface area contributed by atoms with E-state index < -0.39 is 0 Å². The Morgan fingerprint density at radius 1 is 1.19 bits per heavy atom. The van der Waals surface area contributed by atoms with Crippen LogP contribution in [0.1, 0.15) is 23.7 Å². The predicted octanol–water partition coefficient (Wildman–Crippen LogP) is 4.71. The van der Waals surface area contributed by atoms with Gasteiger partial charge in [0, 0.05) is 11.4 Å². The number of hydrogen-bond donors (Lipinski definition) is 2. The summed E-state index contributed by atoms with van der Waals surface area (Å²) in [5, 5.41) is 6.86. The van der Waals surface area contributed by atoms with Crippen molar-refractivity contribution in [3.05, 3.63) is 65.2 Å². The molecule has 0 spiro atoms. The summed E-state index contributed by atoms with van der Waals surface area (Å²) in [5.41, 5.74) is 0.993. The molecule has 2 atom stereocenters. The lowest BCUT2D eigenvalue weighted by atomic mass is 10.1. The molecule has 3 nitrogen and oxygen atoms in total. The maximum absolute atomic E-state index is 12.8. The molecule has 0 aliphatic carbocycles. The molecule has 140 valence electrons. The van der Waals surface area contributed by atoms with Crippen LogP contribution in [0.15, 0.2) is 59.5 Å². The Bertz CT molecular complexity index is 693. The van der Waals surface area contributed by atoms with Crippen molar-refractivity contribution in [2.75, 3.05) is 19.6 Å². The van der Waals surface area contributed by atoms with Gasteiger partial charge in [0.25, 0.3) is 0 Å². The molecule has 1 amide bonds. The molecule has 1 saturated heterocycles. The van der Waals surface area contributed by atoms with E-state index in [9.17, 15) is 4.79 Å². The largest absolute Gasteiger partial charge is 0.355 e. The van der Waals surface area contributed by atoms with Crippen LogP contribution in [0.3, 0.4) is 0 Å². The van der Waals surface area contributed by atoms with Crippen molar-refractivity contribution in [1.82, 2.24) is 10.6 Å². The van der Waals surface area contributed by atoms with Crippen molar-refractivity contribution in [2.24, 2.45) is 5.92 Å². The highest BCUT2D eigenvalue weighted by atomic mass is 35.5. The summed E-state index contributed by atoms with van der Waals surface area (Å²) in [6.45, 7) is 2.87. The standard InChI is InChI=1S/C20H23ClN2OS.ClH/c21-17-8-4-5-9-18(17)25-19(16-6-2-1-3-7-16)20(24)23-13-11-15-10-12-22-14-15;/h1-9,15,19,22H,10-14H2,(H,23,24);1H. The van der Waals surface area contributed by atoms with Gasteiger partial charge in [-0.2, -0.15) is 0 Å². The molecule has 2 aromatic carbocycles. The van der Waals surface area contributed by atoms with Crippen molar-refractivity contribution in [3.63, 3.8) is 0 Å². The first-order valence-electron chi connectivity index (χ1n) is 8.68. The van der Waals surface area contributed by atoms with Crippen LogP contribution in [0.4, 0.5) is 0 Å². The van der Waals surface area contributed by atoms with E-state index in [-0.39, 0.29) is 23.6 Å². The van der Waals surface area contributed by atoms with Gasteiger partial charge in [0.15, 0.2) is 0 Å². The van der Waals surface area contributed by atoms with Gasteiger partial charge >= 0.3 is 0 Å². The molecule has 3 rings (SSSR count). The quantitative estimate of drug-likeness (QED) is 0.649. The third-order valence-corrected chi connectivity index (χ3v) is 6.21. The summed E-state index contributed by atoms with van der Waals surface area (Å²) in [5.74, 6) is 0.716. The number of rotatable bonds is 7. The Labute approximate surface area is 170 Å². The summed E-state index contributed by atoms with van der Waals surface area (Å²) in [6, 6.07) is 17.5. The molecule has 1 heterocycles. The van der Waals surface area contributed by atoms with Crippen LogP contribution < -0.4 is 10.6 Å². The van der Waals surface area contributed by atoms with Crippen molar-refractivity contribution in [2.45, 2.75) is 23.0 Å². The minimum absolute atomic E-state index is 0. The molecule has 0 saturated carbocycles. The SMILES string of the molecule is Cl.O=C(NCCC1CCNC1)C(Sc1ccccc1Cl)c1ccccc1. The van der Waals surface area contributed by atoms with Gasteiger partial charge < -0.3 is 10.6 Å². The highest BCUT2D eigenvalue weighted by molar-refractivity contribution is 8.00. The zero-order chi connectivity index (χ0) is 17.5. The monoisotopic (exact) mass is 410 g/mol. The second-order valence-electron chi connectivity index (χ2n) is 6.28. The second-order valence-corrected chi connectivity index (χ2v) is 7.83. The van der Waals surface area contributed by atoms with E-state index in [1.165, 1.54) is 18.2 Å². The normalized spacial score (nSPS) is 17.3. The van der Waals surface area contributed by atoms with Gasteiger partial charge in [-0.1, -0.05) is 54.1 Å². The number of amides is 1. The molecule has 1 aliphatic heterocycles. The van der Waals surface area contributed by atoms with Gasteiger partial charge in [0.1, 0.15) is 5.25 Å². The van der Waals surface area contributed by atoms with E-state index in [1.54, 1.807) is 0 Å². The molecule has 2 unspecified atom stereocenters. The maximum atomic E-state index is 12.8. The molecular weight excluding hydrogens is 387 g/mol. The Morgan fingerprint density at radius 3 is 2.62 bits per heavy atom. The Morgan fingerprint density at radius 2 is 1.92 bits per heavy atom. The third-order valence-electron chi connectivity index (χ3n) is 4.44. The first-order valence-corrected chi connectivity index (χ1v) is 9.94. The molecule has 1 aliphatic rings. The number of nitrogens with one attached hydrogen (secondary N) is 2. The van der Waals surface area contributed by atoms with Crippen LogP contribution in [0.5, 0.6) is 0 Å². The van der Waals surface area contributed by atoms with Gasteiger partial charge in [-0.05, 0) is 49.5 Å². The summed E-state index contributed by atoms with van der Waals surface area (Å²) in [7, 11) is 0. The number of carbonyl (C=O) groups excluding carboxylic acids is 1. The predicted molar refractivity (Wildman–Crippen MR) is 112 cm³/mol. The minimum Gasteiger partial charge on any atom is -0.355 e. The molecule has 1 fully saturated rings. The number of benzene rings is 2. The first-order chi connectivity index (χ1) is 12.2. The molecule has 0 bridgehead atoms. The van der Waals surface area contributed by atoms with Crippen LogP contribution in [0, 0.1) is 5.92 Å². The van der Waals surface area contributed by atoms with Gasteiger partial charge in [-0.3, -0.25) is 4.79 Å². The van der Waals surface area contributed by atoms with Gasteiger partial charge in [-0.15, -0.1) is 24.2 Å². The summed E-state index contributed by atoms with van der Waals surface area (Å²) < 4.78 is 0. The Balaban J connectivity index is 0.00000243. The van der Waals surface area contributed by atoms with Crippen molar-refractivity contribution >= 4 is 41.7 Å². The highest BCUT2D eigenvalue weighted by Crippen LogP contribution is 2.38. The number of halogens is 2. The lowest BCUT2D eigenvalue weighted by Gasteiger charge is -2.18. The lowest BCUT2D eigenvalue weighted by molar-refractivity contribution is -0.120. The number of hydrogen-bond acceptors (Lipinski definition) is 3. The van der Waals surface area contributed by atoms with Crippen molar-refractivity contribution in [1.29, 1.82) is 0 Å². The van der Waals surface area contributed by atoms with E-state index in [2.05, 4.69) is 10.6 Å².